The first-order valence-corrected chi connectivity index (χ1v) is 9.10. The third kappa shape index (κ3) is 4.41. The van der Waals surface area contributed by atoms with Crippen LogP contribution >= 0.6 is 0 Å². The summed E-state index contributed by atoms with van der Waals surface area (Å²) < 4.78 is 11.4. The molecule has 2 heterocycles. The molecular weight excluding hydrogens is 302 g/mol. The summed E-state index contributed by atoms with van der Waals surface area (Å²) in [6, 6.07) is 9.96. The fraction of sp³-hybridized carbons (Fsp3) is 0.632. The van der Waals surface area contributed by atoms with Crippen molar-refractivity contribution in [2.45, 2.75) is 26.2 Å². The van der Waals surface area contributed by atoms with Gasteiger partial charge in [0.05, 0.1) is 13.2 Å². The molecule has 0 bridgehead atoms. The Bertz CT molecular complexity index is 527. The van der Waals surface area contributed by atoms with Crippen molar-refractivity contribution >= 4 is 5.96 Å². The number of benzene rings is 1. The maximum absolute atomic E-state index is 5.73. The minimum Gasteiger partial charge on any atom is -0.494 e. The second-order valence-corrected chi connectivity index (χ2v) is 6.72. The standard InChI is InChI=1S/C19H29N3O2/c1-2-20-18(22-12-9-19(15-22)10-14-23-16-19)21-11-6-13-24-17-7-4-3-5-8-17/h3-5,7-8H,2,6,9-16H2,1H3,(H,20,21). The molecule has 5 nitrogen and oxygen atoms in total. The lowest BCUT2D eigenvalue weighted by molar-refractivity contribution is 0.156. The van der Waals surface area contributed by atoms with Gasteiger partial charge in [-0.25, -0.2) is 0 Å². The van der Waals surface area contributed by atoms with Crippen molar-refractivity contribution in [2.75, 3.05) is 46.0 Å². The van der Waals surface area contributed by atoms with Crippen molar-refractivity contribution in [2.24, 2.45) is 10.4 Å². The predicted octanol–water partition coefficient (Wildman–Crippen LogP) is 2.53. The number of nitrogens with zero attached hydrogens (tertiary/aromatic N) is 2. The molecule has 0 aromatic heterocycles. The van der Waals surface area contributed by atoms with E-state index in [9.17, 15) is 0 Å². The van der Waals surface area contributed by atoms with Crippen LogP contribution in [0.25, 0.3) is 0 Å². The number of hydrogen-bond donors (Lipinski definition) is 1. The number of aliphatic imine (C=N–C) groups is 1. The first-order chi connectivity index (χ1) is 11.8. The Labute approximate surface area is 145 Å². The zero-order valence-electron chi connectivity index (χ0n) is 14.7. The molecule has 0 radical (unpaired) electrons. The number of likely N-dealkylation sites (tertiary alicyclic amines) is 1. The van der Waals surface area contributed by atoms with Crippen LogP contribution in [0.4, 0.5) is 0 Å². The Morgan fingerprint density at radius 1 is 1.33 bits per heavy atom. The average Bonchev–Trinajstić information content (AvgIpc) is 3.25. The molecule has 5 heteroatoms. The molecule has 2 saturated heterocycles. The highest BCUT2D eigenvalue weighted by atomic mass is 16.5. The summed E-state index contributed by atoms with van der Waals surface area (Å²) in [5.41, 5.74) is 0.368. The van der Waals surface area contributed by atoms with Gasteiger partial charge in [-0.05, 0) is 31.9 Å². The summed E-state index contributed by atoms with van der Waals surface area (Å²) in [5, 5.41) is 3.43. The van der Waals surface area contributed by atoms with Crippen molar-refractivity contribution in [1.82, 2.24) is 10.2 Å². The second-order valence-electron chi connectivity index (χ2n) is 6.72. The van der Waals surface area contributed by atoms with Crippen molar-refractivity contribution in [3.8, 4) is 5.75 Å². The first-order valence-electron chi connectivity index (χ1n) is 9.10. The van der Waals surface area contributed by atoms with Gasteiger partial charge in [0.15, 0.2) is 5.96 Å². The second kappa shape index (κ2) is 8.38. The highest BCUT2D eigenvalue weighted by Gasteiger charge is 2.42. The molecule has 1 unspecified atom stereocenters. The third-order valence-electron chi connectivity index (χ3n) is 4.83. The van der Waals surface area contributed by atoms with E-state index in [2.05, 4.69) is 17.1 Å². The van der Waals surface area contributed by atoms with Gasteiger partial charge in [-0.2, -0.15) is 0 Å². The summed E-state index contributed by atoms with van der Waals surface area (Å²) in [5.74, 6) is 1.97. The van der Waals surface area contributed by atoms with E-state index >= 15 is 0 Å². The van der Waals surface area contributed by atoms with Crippen LogP contribution in [-0.4, -0.2) is 56.9 Å². The average molecular weight is 331 g/mol. The van der Waals surface area contributed by atoms with Crippen LogP contribution in [0.3, 0.4) is 0 Å². The molecule has 24 heavy (non-hydrogen) atoms. The number of nitrogens with one attached hydrogen (secondary N) is 1. The van der Waals surface area contributed by atoms with Crippen LogP contribution in [0.1, 0.15) is 26.2 Å². The maximum atomic E-state index is 5.73. The zero-order chi connectivity index (χ0) is 16.7. The Kier molecular flexibility index (Phi) is 5.96. The Morgan fingerprint density at radius 3 is 2.96 bits per heavy atom. The number of guanidine groups is 1. The summed E-state index contributed by atoms with van der Waals surface area (Å²) in [4.78, 5) is 7.19. The van der Waals surface area contributed by atoms with Crippen molar-refractivity contribution in [3.63, 3.8) is 0 Å². The lowest BCUT2D eigenvalue weighted by Crippen LogP contribution is -2.41. The van der Waals surface area contributed by atoms with E-state index in [0.717, 1.165) is 57.5 Å². The minimum atomic E-state index is 0.368. The molecule has 1 aromatic carbocycles. The van der Waals surface area contributed by atoms with Gasteiger partial charge in [0.25, 0.3) is 0 Å². The monoisotopic (exact) mass is 331 g/mol. The SMILES string of the molecule is CCNC(=NCCCOc1ccccc1)N1CCC2(CCOC2)C1. The van der Waals surface area contributed by atoms with Crippen LogP contribution in [-0.2, 0) is 4.74 Å². The van der Waals surface area contributed by atoms with E-state index < -0.39 is 0 Å². The number of ether oxygens (including phenoxy) is 2. The van der Waals surface area contributed by atoms with Crippen LogP contribution in [0, 0.1) is 5.41 Å². The molecule has 0 saturated carbocycles. The summed E-state index contributed by atoms with van der Waals surface area (Å²) >= 11 is 0. The first kappa shape index (κ1) is 17.1. The Balaban J connectivity index is 1.45. The van der Waals surface area contributed by atoms with Crippen LogP contribution in [0.5, 0.6) is 5.75 Å². The summed E-state index contributed by atoms with van der Waals surface area (Å²) in [6.45, 7) is 8.49. The van der Waals surface area contributed by atoms with Crippen molar-refractivity contribution in [3.05, 3.63) is 30.3 Å². The van der Waals surface area contributed by atoms with E-state index in [1.165, 1.54) is 12.8 Å². The van der Waals surface area contributed by atoms with Gasteiger partial charge < -0.3 is 19.7 Å². The highest BCUT2D eigenvalue weighted by molar-refractivity contribution is 5.80. The minimum absolute atomic E-state index is 0.368. The molecule has 3 rings (SSSR count). The predicted molar refractivity (Wildman–Crippen MR) is 96.6 cm³/mol. The summed E-state index contributed by atoms with van der Waals surface area (Å²) in [6.07, 6.45) is 3.33. The van der Waals surface area contributed by atoms with Gasteiger partial charge >= 0.3 is 0 Å². The van der Waals surface area contributed by atoms with Gasteiger partial charge in [0.2, 0.25) is 0 Å². The van der Waals surface area contributed by atoms with Crippen LogP contribution in [0.2, 0.25) is 0 Å². The van der Waals surface area contributed by atoms with Crippen molar-refractivity contribution < 1.29 is 9.47 Å². The molecule has 1 atom stereocenters. The molecular formula is C19H29N3O2. The molecule has 0 amide bonds. The lowest BCUT2D eigenvalue weighted by atomic mass is 9.87. The molecule has 132 valence electrons. The fourth-order valence-electron chi connectivity index (χ4n) is 3.47. The van der Waals surface area contributed by atoms with E-state index in [1.54, 1.807) is 0 Å². The normalized spacial score (nSPS) is 23.9. The Morgan fingerprint density at radius 2 is 2.21 bits per heavy atom. The third-order valence-corrected chi connectivity index (χ3v) is 4.83. The van der Waals surface area contributed by atoms with E-state index in [4.69, 9.17) is 14.5 Å². The van der Waals surface area contributed by atoms with Gasteiger partial charge in [0.1, 0.15) is 5.75 Å². The fourth-order valence-corrected chi connectivity index (χ4v) is 3.47. The quantitative estimate of drug-likeness (QED) is 0.494. The van der Waals surface area contributed by atoms with E-state index in [-0.39, 0.29) is 0 Å². The number of rotatable bonds is 6. The van der Waals surface area contributed by atoms with Gasteiger partial charge in [-0.15, -0.1) is 0 Å². The van der Waals surface area contributed by atoms with Crippen LogP contribution in [0.15, 0.2) is 35.3 Å². The van der Waals surface area contributed by atoms with Gasteiger partial charge in [-0.3, -0.25) is 4.99 Å². The van der Waals surface area contributed by atoms with Gasteiger partial charge in [0, 0.05) is 44.6 Å². The Hall–Kier alpha value is -1.75. The topological polar surface area (TPSA) is 46.1 Å². The van der Waals surface area contributed by atoms with Gasteiger partial charge in [-0.1, -0.05) is 18.2 Å². The maximum Gasteiger partial charge on any atom is 0.193 e. The largest absolute Gasteiger partial charge is 0.494 e. The van der Waals surface area contributed by atoms with Crippen LogP contribution < -0.4 is 10.1 Å². The number of para-hydroxylation sites is 1. The number of hydrogen-bond acceptors (Lipinski definition) is 3. The molecule has 1 aromatic rings. The van der Waals surface area contributed by atoms with E-state index in [0.29, 0.717) is 12.0 Å². The van der Waals surface area contributed by atoms with Crippen molar-refractivity contribution in [1.29, 1.82) is 0 Å². The molecule has 1 spiro atoms. The molecule has 2 fully saturated rings. The smallest absolute Gasteiger partial charge is 0.193 e. The molecule has 2 aliphatic rings. The zero-order valence-corrected chi connectivity index (χ0v) is 14.7. The summed E-state index contributed by atoms with van der Waals surface area (Å²) in [7, 11) is 0. The highest BCUT2D eigenvalue weighted by Crippen LogP contribution is 2.38. The molecule has 2 aliphatic heterocycles. The lowest BCUT2D eigenvalue weighted by Gasteiger charge is -2.25. The molecule has 0 aliphatic carbocycles. The van der Waals surface area contributed by atoms with E-state index in [1.807, 2.05) is 30.3 Å². The molecule has 1 N–H and O–H groups in total.